The van der Waals surface area contributed by atoms with Crippen LogP contribution in [-0.2, 0) is 6.42 Å². The third kappa shape index (κ3) is 2.99. The number of thioether (sulfide) groups is 1. The number of rotatable bonds is 5. The van der Waals surface area contributed by atoms with Gasteiger partial charge in [0, 0.05) is 18.2 Å². The molecule has 2 rings (SSSR count). The summed E-state index contributed by atoms with van der Waals surface area (Å²) in [6.45, 7) is 1.09. The summed E-state index contributed by atoms with van der Waals surface area (Å²) >= 11 is 2.05. The van der Waals surface area contributed by atoms with E-state index in [1.807, 2.05) is 11.8 Å². The molecular weight excluding hydrogens is 196 g/mol. The number of H-pyrrole nitrogens is 1. The van der Waals surface area contributed by atoms with Gasteiger partial charge in [-0.2, -0.15) is 16.9 Å². The van der Waals surface area contributed by atoms with Crippen LogP contribution < -0.4 is 5.32 Å². The fourth-order valence-corrected chi connectivity index (χ4v) is 2.80. The largest absolute Gasteiger partial charge is 0.313 e. The van der Waals surface area contributed by atoms with Crippen LogP contribution in [0.3, 0.4) is 0 Å². The van der Waals surface area contributed by atoms with Crippen LogP contribution in [0.2, 0.25) is 0 Å². The summed E-state index contributed by atoms with van der Waals surface area (Å²) in [5.41, 5.74) is 0. The smallest absolute Gasteiger partial charge is 0.137 e. The van der Waals surface area contributed by atoms with Gasteiger partial charge in [-0.05, 0) is 25.1 Å². The Hall–Kier alpha value is -0.550. The Labute approximate surface area is 88.3 Å². The predicted octanol–water partition coefficient (Wildman–Crippen LogP) is 0.832. The summed E-state index contributed by atoms with van der Waals surface area (Å²) in [6, 6.07) is 0.745. The summed E-state index contributed by atoms with van der Waals surface area (Å²) in [4.78, 5) is 4.09. The Balaban J connectivity index is 1.55. The first-order chi connectivity index (χ1) is 6.95. The molecule has 1 atom stereocenters. The van der Waals surface area contributed by atoms with E-state index in [4.69, 9.17) is 0 Å². The molecule has 0 amide bonds. The highest BCUT2D eigenvalue weighted by Gasteiger charge is 2.13. The minimum absolute atomic E-state index is 0.745. The molecule has 1 unspecified atom stereocenters. The van der Waals surface area contributed by atoms with Gasteiger partial charge in [0.1, 0.15) is 12.2 Å². The maximum atomic E-state index is 4.09. The zero-order chi connectivity index (χ0) is 9.64. The number of aromatic nitrogens is 3. The van der Waals surface area contributed by atoms with E-state index in [1.54, 1.807) is 6.33 Å². The molecule has 1 aliphatic heterocycles. The first-order valence-electron chi connectivity index (χ1n) is 5.10. The van der Waals surface area contributed by atoms with Crippen molar-refractivity contribution < 1.29 is 0 Å². The van der Waals surface area contributed by atoms with Crippen molar-refractivity contribution in [3.05, 3.63) is 12.2 Å². The van der Waals surface area contributed by atoms with Crippen molar-refractivity contribution in [1.82, 2.24) is 20.5 Å². The van der Waals surface area contributed by atoms with Crippen molar-refractivity contribution in [2.75, 3.05) is 18.1 Å². The molecule has 5 heteroatoms. The lowest BCUT2D eigenvalue weighted by molar-refractivity contribution is 0.542. The lowest BCUT2D eigenvalue weighted by Crippen LogP contribution is -2.29. The van der Waals surface area contributed by atoms with Crippen molar-refractivity contribution >= 4 is 11.8 Å². The van der Waals surface area contributed by atoms with Gasteiger partial charge in [0.15, 0.2) is 0 Å². The van der Waals surface area contributed by atoms with Crippen LogP contribution in [-0.4, -0.2) is 39.3 Å². The van der Waals surface area contributed by atoms with Crippen LogP contribution >= 0.6 is 11.8 Å². The topological polar surface area (TPSA) is 53.6 Å². The number of aromatic amines is 1. The lowest BCUT2D eigenvalue weighted by Gasteiger charge is -2.09. The second-order valence-electron chi connectivity index (χ2n) is 3.55. The van der Waals surface area contributed by atoms with Gasteiger partial charge in [-0.1, -0.05) is 0 Å². The van der Waals surface area contributed by atoms with Crippen LogP contribution in [0.5, 0.6) is 0 Å². The van der Waals surface area contributed by atoms with Crippen molar-refractivity contribution in [3.8, 4) is 0 Å². The van der Waals surface area contributed by atoms with Crippen molar-refractivity contribution in [2.45, 2.75) is 25.3 Å². The molecule has 14 heavy (non-hydrogen) atoms. The zero-order valence-electron chi connectivity index (χ0n) is 8.20. The van der Waals surface area contributed by atoms with Crippen LogP contribution in [0.25, 0.3) is 0 Å². The molecule has 2 heterocycles. The molecule has 1 fully saturated rings. The van der Waals surface area contributed by atoms with E-state index < -0.39 is 0 Å². The van der Waals surface area contributed by atoms with E-state index in [9.17, 15) is 0 Å². The normalized spacial score (nSPS) is 21.6. The van der Waals surface area contributed by atoms with Gasteiger partial charge in [-0.15, -0.1) is 0 Å². The van der Waals surface area contributed by atoms with Crippen LogP contribution in [0, 0.1) is 0 Å². The number of aryl methyl sites for hydroxylation is 1. The van der Waals surface area contributed by atoms with Gasteiger partial charge < -0.3 is 5.32 Å². The number of hydrogen-bond acceptors (Lipinski definition) is 4. The van der Waals surface area contributed by atoms with E-state index in [0.29, 0.717) is 0 Å². The Morgan fingerprint density at radius 2 is 2.64 bits per heavy atom. The first-order valence-corrected chi connectivity index (χ1v) is 6.26. The summed E-state index contributed by atoms with van der Waals surface area (Å²) in [5.74, 6) is 3.59. The molecule has 1 saturated heterocycles. The molecule has 0 aliphatic carbocycles. The molecule has 78 valence electrons. The molecule has 0 aromatic carbocycles. The van der Waals surface area contributed by atoms with Gasteiger partial charge in [0.25, 0.3) is 0 Å². The predicted molar refractivity (Wildman–Crippen MR) is 58.4 cm³/mol. The molecule has 0 radical (unpaired) electrons. The van der Waals surface area contributed by atoms with Gasteiger partial charge in [0.2, 0.25) is 0 Å². The highest BCUT2D eigenvalue weighted by atomic mass is 32.2. The number of nitrogens with one attached hydrogen (secondary N) is 2. The van der Waals surface area contributed by atoms with Crippen molar-refractivity contribution in [2.24, 2.45) is 0 Å². The van der Waals surface area contributed by atoms with Gasteiger partial charge >= 0.3 is 0 Å². The molecule has 4 nitrogen and oxygen atoms in total. The second kappa shape index (κ2) is 5.36. The average molecular weight is 212 g/mol. The molecule has 0 saturated carbocycles. The van der Waals surface area contributed by atoms with Crippen molar-refractivity contribution in [3.63, 3.8) is 0 Å². The maximum Gasteiger partial charge on any atom is 0.137 e. The Bertz CT molecular complexity index is 243. The maximum absolute atomic E-state index is 4.09. The fraction of sp³-hybridized carbons (Fsp3) is 0.778. The van der Waals surface area contributed by atoms with Gasteiger partial charge in [-0.3, -0.25) is 5.10 Å². The van der Waals surface area contributed by atoms with E-state index in [1.165, 1.54) is 17.9 Å². The number of hydrogen-bond donors (Lipinski definition) is 2. The molecule has 1 aromatic rings. The highest BCUT2D eigenvalue weighted by Crippen LogP contribution is 2.16. The van der Waals surface area contributed by atoms with Gasteiger partial charge in [0.05, 0.1) is 0 Å². The third-order valence-corrected chi connectivity index (χ3v) is 3.58. The average Bonchev–Trinajstić information content (AvgIpc) is 2.86. The van der Waals surface area contributed by atoms with Crippen LogP contribution in [0.1, 0.15) is 18.7 Å². The van der Waals surface area contributed by atoms with E-state index in [0.717, 1.165) is 31.3 Å². The van der Waals surface area contributed by atoms with E-state index in [-0.39, 0.29) is 0 Å². The van der Waals surface area contributed by atoms with E-state index in [2.05, 4.69) is 20.5 Å². The quantitative estimate of drug-likeness (QED) is 0.710. The second-order valence-corrected chi connectivity index (χ2v) is 4.70. The third-order valence-electron chi connectivity index (χ3n) is 2.42. The van der Waals surface area contributed by atoms with Crippen molar-refractivity contribution in [1.29, 1.82) is 0 Å². The number of nitrogens with zero attached hydrogens (tertiary/aromatic N) is 2. The Kier molecular flexibility index (Phi) is 3.82. The first kappa shape index (κ1) is 9.98. The standard InChI is InChI=1S/C9H16N4S/c1(2-9-11-7-12-13-9)4-10-8-3-5-14-6-8/h7-8,10H,1-6H2,(H,11,12,13). The summed E-state index contributed by atoms with van der Waals surface area (Å²) in [6.07, 6.45) is 5.02. The van der Waals surface area contributed by atoms with E-state index >= 15 is 0 Å². The molecule has 1 aromatic heterocycles. The monoisotopic (exact) mass is 212 g/mol. The summed E-state index contributed by atoms with van der Waals surface area (Å²) in [7, 11) is 0. The SMILES string of the molecule is c1n[nH]c(CCCNC2CCSC2)n1. The van der Waals surface area contributed by atoms with Gasteiger partial charge in [-0.25, -0.2) is 4.98 Å². The zero-order valence-corrected chi connectivity index (χ0v) is 9.02. The molecule has 2 N–H and O–H groups in total. The molecule has 0 bridgehead atoms. The Morgan fingerprint density at radius 3 is 3.36 bits per heavy atom. The summed E-state index contributed by atoms with van der Waals surface area (Å²) in [5, 5.41) is 10.3. The minimum Gasteiger partial charge on any atom is -0.313 e. The lowest BCUT2D eigenvalue weighted by atomic mass is 10.2. The Morgan fingerprint density at radius 1 is 1.64 bits per heavy atom. The van der Waals surface area contributed by atoms with Crippen LogP contribution in [0.4, 0.5) is 0 Å². The molecular formula is C9H16N4S. The summed E-state index contributed by atoms with van der Waals surface area (Å²) < 4.78 is 0. The minimum atomic E-state index is 0.745. The molecule has 1 aliphatic rings. The van der Waals surface area contributed by atoms with Crippen LogP contribution in [0.15, 0.2) is 6.33 Å². The fourth-order valence-electron chi connectivity index (χ4n) is 1.61. The highest BCUT2D eigenvalue weighted by molar-refractivity contribution is 7.99. The molecule has 0 spiro atoms.